The lowest BCUT2D eigenvalue weighted by Crippen LogP contribution is -2.47. The van der Waals surface area contributed by atoms with Gasteiger partial charge >= 0.3 is 5.97 Å². The van der Waals surface area contributed by atoms with E-state index in [1.165, 1.54) is 0 Å². The van der Waals surface area contributed by atoms with Gasteiger partial charge in [0.05, 0.1) is 22.7 Å². The third-order valence-corrected chi connectivity index (χ3v) is 4.87. The third-order valence-electron chi connectivity index (χ3n) is 4.46. The van der Waals surface area contributed by atoms with Crippen LogP contribution in [-0.4, -0.2) is 58.6 Å². The first kappa shape index (κ1) is 18.7. The van der Waals surface area contributed by atoms with Crippen LogP contribution in [0.2, 0.25) is 0 Å². The number of hydrogen-bond acceptors (Lipinski definition) is 7. The Labute approximate surface area is 161 Å². The summed E-state index contributed by atoms with van der Waals surface area (Å²) in [5.41, 5.74) is 0.482. The van der Waals surface area contributed by atoms with E-state index in [-0.39, 0.29) is 12.0 Å². The molecule has 1 unspecified atom stereocenters. The summed E-state index contributed by atoms with van der Waals surface area (Å²) in [5.74, 6) is 1.38. The molecule has 0 N–H and O–H groups in total. The molecule has 0 aliphatic carbocycles. The van der Waals surface area contributed by atoms with Crippen molar-refractivity contribution in [2.45, 2.75) is 19.9 Å². The Morgan fingerprint density at radius 2 is 1.85 bits per heavy atom. The van der Waals surface area contributed by atoms with E-state index in [2.05, 4.69) is 47.6 Å². The van der Waals surface area contributed by atoms with Crippen LogP contribution in [0, 0.1) is 0 Å². The van der Waals surface area contributed by atoms with Crippen LogP contribution in [0.1, 0.15) is 36.1 Å². The monoisotopic (exact) mass is 419 g/mol. The fraction of sp³-hybridized carbons (Fsp3) is 0.444. The first-order chi connectivity index (χ1) is 12.6. The first-order valence-corrected chi connectivity index (χ1v) is 9.47. The van der Waals surface area contributed by atoms with Crippen LogP contribution < -0.4 is 4.90 Å². The van der Waals surface area contributed by atoms with Crippen molar-refractivity contribution in [3.05, 3.63) is 46.6 Å². The second kappa shape index (κ2) is 8.55. The number of hydrogen-bond donors (Lipinski definition) is 0. The molecule has 0 aromatic carbocycles. The van der Waals surface area contributed by atoms with Crippen molar-refractivity contribution in [1.29, 1.82) is 0 Å². The zero-order valence-electron chi connectivity index (χ0n) is 14.9. The Hall–Kier alpha value is -2.06. The number of rotatable bonds is 5. The Balaban J connectivity index is 1.58. The number of carbonyl (C=O) groups is 1. The number of aromatic nitrogens is 3. The minimum Gasteiger partial charge on any atom is -0.462 e. The lowest BCUT2D eigenvalue weighted by molar-refractivity contribution is 0.0526. The summed E-state index contributed by atoms with van der Waals surface area (Å²) in [5, 5.41) is 0. The number of piperazine rings is 1. The number of ether oxygens (including phenoxy) is 1. The van der Waals surface area contributed by atoms with Crippen molar-refractivity contribution in [2.75, 3.05) is 37.7 Å². The molecule has 1 atom stereocenters. The molecule has 26 heavy (non-hydrogen) atoms. The van der Waals surface area contributed by atoms with Gasteiger partial charge in [-0.1, -0.05) is 0 Å². The average molecular weight is 420 g/mol. The third kappa shape index (κ3) is 4.37. The SMILES string of the molecule is CCOC(=O)c1ccc(N2CCN(C(C)c3ncc(Br)cn3)CC2)nc1. The largest absolute Gasteiger partial charge is 0.462 e. The smallest absolute Gasteiger partial charge is 0.339 e. The molecule has 3 rings (SSSR count). The van der Waals surface area contributed by atoms with E-state index in [1.807, 2.05) is 6.07 Å². The van der Waals surface area contributed by atoms with Crippen molar-refractivity contribution >= 4 is 27.7 Å². The maximum atomic E-state index is 11.7. The predicted octanol–water partition coefficient (Wildman–Crippen LogP) is 2.69. The lowest BCUT2D eigenvalue weighted by Gasteiger charge is -2.38. The molecule has 0 saturated carbocycles. The Morgan fingerprint density at radius 1 is 1.15 bits per heavy atom. The lowest BCUT2D eigenvalue weighted by atomic mass is 10.2. The number of nitrogens with zero attached hydrogens (tertiary/aromatic N) is 5. The highest BCUT2D eigenvalue weighted by atomic mass is 79.9. The summed E-state index contributed by atoms with van der Waals surface area (Å²) in [6.07, 6.45) is 5.15. The quantitative estimate of drug-likeness (QED) is 0.689. The number of anilines is 1. The molecule has 2 aromatic rings. The van der Waals surface area contributed by atoms with Crippen molar-refractivity contribution in [3.8, 4) is 0 Å². The molecular weight excluding hydrogens is 398 g/mol. The summed E-state index contributed by atoms with van der Waals surface area (Å²) in [6, 6.07) is 3.82. The van der Waals surface area contributed by atoms with Crippen molar-refractivity contribution in [1.82, 2.24) is 19.9 Å². The molecular formula is C18H22BrN5O2. The van der Waals surface area contributed by atoms with E-state index >= 15 is 0 Å². The van der Waals surface area contributed by atoms with E-state index in [0.29, 0.717) is 12.2 Å². The minimum absolute atomic E-state index is 0.171. The molecule has 0 spiro atoms. The molecule has 1 aliphatic heterocycles. The Kier molecular flexibility index (Phi) is 6.16. The molecule has 2 aromatic heterocycles. The molecule has 1 aliphatic rings. The van der Waals surface area contributed by atoms with Crippen molar-refractivity contribution in [2.24, 2.45) is 0 Å². The van der Waals surface area contributed by atoms with Crippen molar-refractivity contribution < 1.29 is 9.53 Å². The summed E-state index contributed by atoms with van der Waals surface area (Å²) in [4.78, 5) is 29.5. The molecule has 0 bridgehead atoms. The second-order valence-corrected chi connectivity index (χ2v) is 7.00. The second-order valence-electron chi connectivity index (χ2n) is 6.08. The molecule has 1 fully saturated rings. The highest BCUT2D eigenvalue weighted by Gasteiger charge is 2.24. The van der Waals surface area contributed by atoms with Crippen LogP contribution in [0.3, 0.4) is 0 Å². The highest BCUT2D eigenvalue weighted by molar-refractivity contribution is 9.10. The van der Waals surface area contributed by atoms with Crippen molar-refractivity contribution in [3.63, 3.8) is 0 Å². The summed E-state index contributed by atoms with van der Waals surface area (Å²) in [6.45, 7) is 7.83. The van der Waals surface area contributed by atoms with Crippen LogP contribution in [0.4, 0.5) is 5.82 Å². The first-order valence-electron chi connectivity index (χ1n) is 8.68. The Bertz CT molecular complexity index is 730. The van der Waals surface area contributed by atoms with Gasteiger partial charge < -0.3 is 9.64 Å². The molecule has 138 valence electrons. The van der Waals surface area contributed by atoms with Gasteiger partial charge in [-0.05, 0) is 41.9 Å². The molecule has 0 radical (unpaired) electrons. The van der Waals surface area contributed by atoms with Gasteiger partial charge in [0.15, 0.2) is 0 Å². The summed E-state index contributed by atoms with van der Waals surface area (Å²) in [7, 11) is 0. The predicted molar refractivity (Wildman–Crippen MR) is 102 cm³/mol. The number of pyridine rings is 1. The van der Waals surface area contributed by atoms with Gasteiger partial charge in [0.2, 0.25) is 0 Å². The number of halogens is 1. The van der Waals surface area contributed by atoms with E-state index in [1.54, 1.807) is 31.6 Å². The van der Waals surface area contributed by atoms with Gasteiger partial charge in [0.1, 0.15) is 11.6 Å². The van der Waals surface area contributed by atoms with E-state index < -0.39 is 0 Å². The van der Waals surface area contributed by atoms with Gasteiger partial charge in [-0.2, -0.15) is 0 Å². The summed E-state index contributed by atoms with van der Waals surface area (Å²) >= 11 is 3.37. The fourth-order valence-electron chi connectivity index (χ4n) is 2.95. The zero-order chi connectivity index (χ0) is 18.5. The summed E-state index contributed by atoms with van der Waals surface area (Å²) < 4.78 is 5.87. The highest BCUT2D eigenvalue weighted by Crippen LogP contribution is 2.21. The number of carbonyl (C=O) groups excluding carboxylic acids is 1. The minimum atomic E-state index is -0.334. The van der Waals surface area contributed by atoms with Crippen LogP contribution in [0.15, 0.2) is 35.2 Å². The van der Waals surface area contributed by atoms with Gasteiger partial charge in [-0.25, -0.2) is 19.7 Å². The zero-order valence-corrected chi connectivity index (χ0v) is 16.5. The van der Waals surface area contributed by atoms with Crippen LogP contribution in [0.25, 0.3) is 0 Å². The van der Waals surface area contributed by atoms with Crippen LogP contribution in [-0.2, 0) is 4.74 Å². The normalized spacial score (nSPS) is 16.3. The van der Waals surface area contributed by atoms with E-state index in [9.17, 15) is 4.79 Å². The molecule has 1 saturated heterocycles. The van der Waals surface area contributed by atoms with E-state index in [4.69, 9.17) is 4.74 Å². The van der Waals surface area contributed by atoms with Gasteiger partial charge in [0.25, 0.3) is 0 Å². The maximum Gasteiger partial charge on any atom is 0.339 e. The van der Waals surface area contributed by atoms with E-state index in [0.717, 1.165) is 42.3 Å². The fourth-order valence-corrected chi connectivity index (χ4v) is 3.15. The van der Waals surface area contributed by atoms with Gasteiger partial charge in [-0.3, -0.25) is 4.90 Å². The van der Waals surface area contributed by atoms with Gasteiger partial charge in [0, 0.05) is 44.8 Å². The molecule has 7 nitrogen and oxygen atoms in total. The average Bonchev–Trinajstić information content (AvgIpc) is 2.68. The van der Waals surface area contributed by atoms with Crippen LogP contribution >= 0.6 is 15.9 Å². The maximum absolute atomic E-state index is 11.7. The standard InChI is InChI=1S/C18H22BrN5O2/c1-3-26-18(25)14-4-5-16(20-10-14)24-8-6-23(7-9-24)13(2)17-21-11-15(19)12-22-17/h4-5,10-13H,3,6-9H2,1-2H3. The Morgan fingerprint density at radius 3 is 2.42 bits per heavy atom. The van der Waals surface area contributed by atoms with Crippen LogP contribution in [0.5, 0.6) is 0 Å². The van der Waals surface area contributed by atoms with Gasteiger partial charge in [-0.15, -0.1) is 0 Å². The topological polar surface area (TPSA) is 71.5 Å². The molecule has 8 heteroatoms. The number of esters is 1. The molecule has 0 amide bonds. The molecule has 3 heterocycles.